The van der Waals surface area contributed by atoms with Crippen LogP contribution in [0.1, 0.15) is 15.9 Å². The molecule has 126 valence electrons. The lowest BCUT2D eigenvalue weighted by atomic mass is 10.1. The Morgan fingerprint density at radius 1 is 0.958 bits per heavy atom. The normalized spacial score (nSPS) is 9.96. The molecule has 24 heavy (non-hydrogen) atoms. The number of hydrogen-bond acceptors (Lipinski definition) is 5. The number of esters is 1. The quantitative estimate of drug-likeness (QED) is 0.825. The van der Waals surface area contributed by atoms with Gasteiger partial charge in [0.15, 0.2) is 11.5 Å². The minimum Gasteiger partial charge on any atom is -0.493 e. The molecule has 0 heterocycles. The number of carbonyl (C=O) groups excluding carboxylic acids is 2. The second-order valence-electron chi connectivity index (χ2n) is 4.99. The van der Waals surface area contributed by atoms with E-state index in [1.807, 2.05) is 0 Å². The summed E-state index contributed by atoms with van der Waals surface area (Å²) >= 11 is 0. The number of ether oxygens (including phenoxy) is 3. The SMILES string of the molecule is COC(=O)c1cccc(NC(=O)Cc2ccc(OC)c(OC)c2)c1. The smallest absolute Gasteiger partial charge is 0.337 e. The summed E-state index contributed by atoms with van der Waals surface area (Å²) in [6.07, 6.45) is 0.169. The molecule has 0 radical (unpaired) electrons. The molecule has 0 saturated heterocycles. The van der Waals surface area contributed by atoms with Gasteiger partial charge in [0.05, 0.1) is 33.3 Å². The largest absolute Gasteiger partial charge is 0.493 e. The lowest BCUT2D eigenvalue weighted by molar-refractivity contribution is -0.115. The van der Waals surface area contributed by atoms with Gasteiger partial charge in [-0.25, -0.2) is 4.79 Å². The molecule has 2 aromatic carbocycles. The van der Waals surface area contributed by atoms with Crippen LogP contribution in [0.15, 0.2) is 42.5 Å². The van der Waals surface area contributed by atoms with Gasteiger partial charge in [-0.1, -0.05) is 12.1 Å². The van der Waals surface area contributed by atoms with Crippen molar-refractivity contribution in [1.29, 1.82) is 0 Å². The molecule has 0 aliphatic heterocycles. The van der Waals surface area contributed by atoms with E-state index >= 15 is 0 Å². The third-order valence-electron chi connectivity index (χ3n) is 3.38. The highest BCUT2D eigenvalue weighted by atomic mass is 16.5. The van der Waals surface area contributed by atoms with E-state index in [0.29, 0.717) is 22.7 Å². The van der Waals surface area contributed by atoms with Crippen LogP contribution in [0.25, 0.3) is 0 Å². The van der Waals surface area contributed by atoms with Crippen molar-refractivity contribution in [3.63, 3.8) is 0 Å². The third-order valence-corrected chi connectivity index (χ3v) is 3.38. The van der Waals surface area contributed by atoms with Crippen molar-refractivity contribution < 1.29 is 23.8 Å². The number of carbonyl (C=O) groups is 2. The summed E-state index contributed by atoms with van der Waals surface area (Å²) in [5, 5.41) is 2.76. The van der Waals surface area contributed by atoms with Gasteiger partial charge in [0.25, 0.3) is 0 Å². The van der Waals surface area contributed by atoms with Crippen LogP contribution in [0.3, 0.4) is 0 Å². The molecule has 0 spiro atoms. The molecule has 0 aliphatic carbocycles. The van der Waals surface area contributed by atoms with Crippen molar-refractivity contribution in [2.24, 2.45) is 0 Å². The zero-order chi connectivity index (χ0) is 17.5. The van der Waals surface area contributed by atoms with Crippen LogP contribution in [0.4, 0.5) is 5.69 Å². The molecule has 0 aliphatic rings. The maximum Gasteiger partial charge on any atom is 0.337 e. The van der Waals surface area contributed by atoms with Gasteiger partial charge in [-0.15, -0.1) is 0 Å². The molecular weight excluding hydrogens is 310 g/mol. The molecular formula is C18H19NO5. The van der Waals surface area contributed by atoms with Gasteiger partial charge in [0.2, 0.25) is 5.91 Å². The number of rotatable bonds is 6. The van der Waals surface area contributed by atoms with Crippen LogP contribution in [0, 0.1) is 0 Å². The lowest BCUT2D eigenvalue weighted by Gasteiger charge is -2.10. The Hall–Kier alpha value is -3.02. The molecule has 0 fully saturated rings. The highest BCUT2D eigenvalue weighted by Gasteiger charge is 2.10. The molecule has 1 N–H and O–H groups in total. The van der Waals surface area contributed by atoms with Crippen molar-refractivity contribution >= 4 is 17.6 Å². The summed E-state index contributed by atoms with van der Waals surface area (Å²) in [7, 11) is 4.41. The van der Waals surface area contributed by atoms with Gasteiger partial charge in [0.1, 0.15) is 0 Å². The highest BCUT2D eigenvalue weighted by molar-refractivity contribution is 5.95. The van der Waals surface area contributed by atoms with Crippen LogP contribution in [0.5, 0.6) is 11.5 Å². The van der Waals surface area contributed by atoms with Gasteiger partial charge in [-0.2, -0.15) is 0 Å². The van der Waals surface area contributed by atoms with Gasteiger partial charge in [0, 0.05) is 5.69 Å². The first-order valence-electron chi connectivity index (χ1n) is 7.26. The predicted octanol–water partition coefficient (Wildman–Crippen LogP) is 2.67. The average Bonchev–Trinajstić information content (AvgIpc) is 2.60. The van der Waals surface area contributed by atoms with Crippen molar-refractivity contribution in [3.8, 4) is 11.5 Å². The Balaban J connectivity index is 2.07. The first kappa shape index (κ1) is 17.3. The van der Waals surface area contributed by atoms with Gasteiger partial charge < -0.3 is 19.5 Å². The van der Waals surface area contributed by atoms with Gasteiger partial charge in [-0.3, -0.25) is 4.79 Å². The molecule has 6 nitrogen and oxygen atoms in total. The van der Waals surface area contributed by atoms with Crippen LogP contribution >= 0.6 is 0 Å². The number of hydrogen-bond donors (Lipinski definition) is 1. The van der Waals surface area contributed by atoms with E-state index < -0.39 is 5.97 Å². The summed E-state index contributed by atoms with van der Waals surface area (Å²) in [6.45, 7) is 0. The Morgan fingerprint density at radius 2 is 1.71 bits per heavy atom. The first-order chi connectivity index (χ1) is 11.6. The first-order valence-corrected chi connectivity index (χ1v) is 7.26. The number of anilines is 1. The third kappa shape index (κ3) is 4.25. The fourth-order valence-electron chi connectivity index (χ4n) is 2.22. The fourth-order valence-corrected chi connectivity index (χ4v) is 2.22. The van der Waals surface area contributed by atoms with E-state index in [2.05, 4.69) is 10.1 Å². The molecule has 2 aromatic rings. The zero-order valence-electron chi connectivity index (χ0n) is 13.8. The van der Waals surface area contributed by atoms with Gasteiger partial charge >= 0.3 is 5.97 Å². The number of nitrogens with one attached hydrogen (secondary N) is 1. The standard InChI is InChI=1S/C18H19NO5/c1-22-15-8-7-12(9-16(15)23-2)10-17(20)19-14-6-4-5-13(11-14)18(21)24-3/h4-9,11H,10H2,1-3H3,(H,19,20). The van der Waals surface area contributed by atoms with E-state index in [0.717, 1.165) is 5.56 Å². The fraction of sp³-hybridized carbons (Fsp3) is 0.222. The number of amides is 1. The molecule has 1 amide bonds. The maximum atomic E-state index is 12.2. The molecule has 0 aromatic heterocycles. The Kier molecular flexibility index (Phi) is 5.78. The second kappa shape index (κ2) is 8.01. The predicted molar refractivity (Wildman–Crippen MR) is 89.7 cm³/mol. The summed E-state index contributed by atoms with van der Waals surface area (Å²) in [4.78, 5) is 23.7. The zero-order valence-corrected chi connectivity index (χ0v) is 13.8. The van der Waals surface area contributed by atoms with E-state index in [-0.39, 0.29) is 12.3 Å². The summed E-state index contributed by atoms with van der Waals surface area (Å²) in [6, 6.07) is 11.9. The van der Waals surface area contributed by atoms with E-state index in [9.17, 15) is 9.59 Å². The Morgan fingerprint density at radius 3 is 2.38 bits per heavy atom. The lowest BCUT2D eigenvalue weighted by Crippen LogP contribution is -2.15. The summed E-state index contributed by atoms with van der Waals surface area (Å²) in [5.74, 6) is 0.512. The van der Waals surface area contributed by atoms with E-state index in [4.69, 9.17) is 9.47 Å². The number of methoxy groups -OCH3 is 3. The molecule has 6 heteroatoms. The van der Waals surface area contributed by atoms with Crippen molar-refractivity contribution in [2.75, 3.05) is 26.6 Å². The molecule has 0 unspecified atom stereocenters. The van der Waals surface area contributed by atoms with Crippen LogP contribution in [-0.4, -0.2) is 33.2 Å². The summed E-state index contributed by atoms with van der Waals surface area (Å²) < 4.78 is 15.1. The average molecular weight is 329 g/mol. The molecule has 0 atom stereocenters. The topological polar surface area (TPSA) is 73.9 Å². The maximum absolute atomic E-state index is 12.2. The Labute approximate surface area is 140 Å². The van der Waals surface area contributed by atoms with E-state index in [1.54, 1.807) is 56.7 Å². The van der Waals surface area contributed by atoms with Gasteiger partial charge in [-0.05, 0) is 35.9 Å². The van der Waals surface area contributed by atoms with Crippen molar-refractivity contribution in [1.82, 2.24) is 0 Å². The molecule has 2 rings (SSSR count). The number of benzene rings is 2. The Bertz CT molecular complexity index is 742. The van der Waals surface area contributed by atoms with E-state index in [1.165, 1.54) is 7.11 Å². The van der Waals surface area contributed by atoms with Crippen molar-refractivity contribution in [3.05, 3.63) is 53.6 Å². The van der Waals surface area contributed by atoms with Crippen LogP contribution in [-0.2, 0) is 16.0 Å². The minimum absolute atomic E-state index is 0.169. The molecule has 0 bridgehead atoms. The van der Waals surface area contributed by atoms with Crippen LogP contribution in [0.2, 0.25) is 0 Å². The molecule has 0 saturated carbocycles. The summed E-state index contributed by atoms with van der Waals surface area (Å²) in [5.41, 5.74) is 1.69. The van der Waals surface area contributed by atoms with Crippen molar-refractivity contribution in [2.45, 2.75) is 6.42 Å². The van der Waals surface area contributed by atoms with Crippen LogP contribution < -0.4 is 14.8 Å². The highest BCUT2D eigenvalue weighted by Crippen LogP contribution is 2.27. The second-order valence-corrected chi connectivity index (χ2v) is 4.99. The monoisotopic (exact) mass is 329 g/mol. The minimum atomic E-state index is -0.453.